The molecule has 0 aliphatic heterocycles. The van der Waals surface area contributed by atoms with Gasteiger partial charge in [0.1, 0.15) is 10.8 Å². The van der Waals surface area contributed by atoms with Crippen LogP contribution in [0.15, 0.2) is 18.2 Å². The molecule has 0 fully saturated rings. The molecule has 6 heteroatoms. The number of amides is 2. The first-order valence-corrected chi connectivity index (χ1v) is 9.41. The highest BCUT2D eigenvalue weighted by Crippen LogP contribution is 2.32. The predicted octanol–water partition coefficient (Wildman–Crippen LogP) is 4.30. The Balaban J connectivity index is 2.18. The molecule has 1 aromatic carbocycles. The van der Waals surface area contributed by atoms with Gasteiger partial charge >= 0.3 is 0 Å². The van der Waals surface area contributed by atoms with Crippen LogP contribution in [0, 0.1) is 20.8 Å². The van der Waals surface area contributed by atoms with E-state index in [1.165, 1.54) is 11.3 Å². The lowest BCUT2D eigenvalue weighted by Crippen LogP contribution is -2.31. The molecule has 1 heterocycles. The van der Waals surface area contributed by atoms with Crippen LogP contribution in [0.2, 0.25) is 0 Å². The van der Waals surface area contributed by atoms with E-state index in [1.807, 2.05) is 32.9 Å². The van der Waals surface area contributed by atoms with Crippen LogP contribution in [-0.2, 0) is 4.79 Å². The SMILES string of the molecule is Cc1ccc(C(C)C)cc1OC(C)C(=O)Nc1sc(C)c(C)c1C(N)=O. The van der Waals surface area contributed by atoms with Crippen molar-refractivity contribution in [2.45, 2.75) is 53.6 Å². The fourth-order valence-electron chi connectivity index (χ4n) is 2.57. The first-order chi connectivity index (χ1) is 12.1. The summed E-state index contributed by atoms with van der Waals surface area (Å²) in [5, 5.41) is 3.26. The Hall–Kier alpha value is -2.34. The van der Waals surface area contributed by atoms with Gasteiger partial charge in [0.15, 0.2) is 6.10 Å². The summed E-state index contributed by atoms with van der Waals surface area (Å²) >= 11 is 1.34. The van der Waals surface area contributed by atoms with Crippen molar-refractivity contribution in [3.63, 3.8) is 0 Å². The highest BCUT2D eigenvalue weighted by atomic mass is 32.1. The van der Waals surface area contributed by atoms with Crippen LogP contribution in [0.5, 0.6) is 5.75 Å². The lowest BCUT2D eigenvalue weighted by atomic mass is 10.0. The summed E-state index contributed by atoms with van der Waals surface area (Å²) in [5.41, 5.74) is 8.74. The van der Waals surface area contributed by atoms with E-state index in [1.54, 1.807) is 6.92 Å². The molecule has 140 valence electrons. The van der Waals surface area contributed by atoms with Gasteiger partial charge in [-0.25, -0.2) is 0 Å². The number of nitrogens with two attached hydrogens (primary N) is 1. The predicted molar refractivity (Wildman–Crippen MR) is 106 cm³/mol. The summed E-state index contributed by atoms with van der Waals surface area (Å²) < 4.78 is 5.88. The van der Waals surface area contributed by atoms with Crippen LogP contribution in [0.3, 0.4) is 0 Å². The third-order valence-corrected chi connectivity index (χ3v) is 5.54. The lowest BCUT2D eigenvalue weighted by molar-refractivity contribution is -0.122. The van der Waals surface area contributed by atoms with E-state index in [0.717, 1.165) is 21.6 Å². The number of nitrogens with one attached hydrogen (secondary N) is 1. The zero-order chi connectivity index (χ0) is 19.6. The van der Waals surface area contributed by atoms with Crippen LogP contribution in [0.4, 0.5) is 5.00 Å². The molecule has 2 rings (SSSR count). The Morgan fingerprint density at radius 3 is 2.38 bits per heavy atom. The second-order valence-corrected chi connectivity index (χ2v) is 8.01. The summed E-state index contributed by atoms with van der Waals surface area (Å²) in [4.78, 5) is 25.2. The Bertz CT molecular complexity index is 840. The van der Waals surface area contributed by atoms with Gasteiger partial charge in [0.25, 0.3) is 11.8 Å². The van der Waals surface area contributed by atoms with Crippen molar-refractivity contribution in [2.75, 3.05) is 5.32 Å². The Morgan fingerprint density at radius 2 is 1.81 bits per heavy atom. The molecule has 2 amide bonds. The van der Waals surface area contributed by atoms with Crippen molar-refractivity contribution in [3.8, 4) is 5.75 Å². The highest BCUT2D eigenvalue weighted by molar-refractivity contribution is 7.16. The van der Waals surface area contributed by atoms with Gasteiger partial charge in [0.2, 0.25) is 0 Å². The van der Waals surface area contributed by atoms with Crippen molar-refractivity contribution < 1.29 is 14.3 Å². The van der Waals surface area contributed by atoms with E-state index in [0.29, 0.717) is 22.2 Å². The number of rotatable bonds is 6. The molecule has 0 bridgehead atoms. The van der Waals surface area contributed by atoms with Crippen LogP contribution >= 0.6 is 11.3 Å². The zero-order valence-corrected chi connectivity index (χ0v) is 16.9. The van der Waals surface area contributed by atoms with E-state index < -0.39 is 12.0 Å². The molecule has 5 nitrogen and oxygen atoms in total. The minimum atomic E-state index is -0.709. The first kappa shape index (κ1) is 20.0. The molecule has 1 atom stereocenters. The number of hydrogen-bond acceptors (Lipinski definition) is 4. The maximum Gasteiger partial charge on any atom is 0.265 e. The molecule has 0 spiro atoms. The van der Waals surface area contributed by atoms with Gasteiger partial charge < -0.3 is 15.8 Å². The van der Waals surface area contributed by atoms with Crippen LogP contribution in [-0.4, -0.2) is 17.9 Å². The van der Waals surface area contributed by atoms with Gasteiger partial charge in [0.05, 0.1) is 5.56 Å². The monoisotopic (exact) mass is 374 g/mol. The number of ether oxygens (including phenoxy) is 1. The molecule has 0 aliphatic carbocycles. The highest BCUT2D eigenvalue weighted by Gasteiger charge is 2.22. The summed E-state index contributed by atoms with van der Waals surface area (Å²) in [5.74, 6) is 0.198. The topological polar surface area (TPSA) is 81.4 Å². The fraction of sp³-hybridized carbons (Fsp3) is 0.400. The molecule has 0 radical (unpaired) electrons. The molecule has 0 saturated carbocycles. The number of aryl methyl sites for hydroxylation is 2. The van der Waals surface area contributed by atoms with E-state index in [9.17, 15) is 9.59 Å². The molecule has 2 aromatic rings. The average Bonchev–Trinajstić information content (AvgIpc) is 2.83. The minimum Gasteiger partial charge on any atom is -0.481 e. The average molecular weight is 375 g/mol. The molecule has 1 aromatic heterocycles. The summed E-state index contributed by atoms with van der Waals surface area (Å²) in [6, 6.07) is 6.03. The quantitative estimate of drug-likeness (QED) is 0.791. The summed E-state index contributed by atoms with van der Waals surface area (Å²) in [6.07, 6.45) is -0.709. The third-order valence-electron chi connectivity index (χ3n) is 4.42. The van der Waals surface area contributed by atoms with E-state index in [-0.39, 0.29) is 5.91 Å². The Labute approximate surface area is 158 Å². The first-order valence-electron chi connectivity index (χ1n) is 8.59. The standard InChI is InChI=1S/C20H26N2O3S/c1-10(2)15-8-7-11(3)16(9-15)25-13(5)19(24)22-20-17(18(21)23)12(4)14(6)26-20/h7-10,13H,1-6H3,(H2,21,23)(H,22,24). The van der Waals surface area contributed by atoms with E-state index in [2.05, 4.69) is 25.2 Å². The number of carbonyl (C=O) groups excluding carboxylic acids is 2. The van der Waals surface area contributed by atoms with Crippen molar-refractivity contribution in [1.82, 2.24) is 0 Å². The molecular formula is C20H26N2O3S. The summed E-state index contributed by atoms with van der Waals surface area (Å²) in [7, 11) is 0. The molecule has 0 aliphatic rings. The van der Waals surface area contributed by atoms with Gasteiger partial charge in [-0.2, -0.15) is 0 Å². The zero-order valence-electron chi connectivity index (χ0n) is 16.1. The number of primary amides is 1. The van der Waals surface area contributed by atoms with Gasteiger partial charge in [-0.1, -0.05) is 26.0 Å². The van der Waals surface area contributed by atoms with Crippen LogP contribution < -0.4 is 15.8 Å². The lowest BCUT2D eigenvalue weighted by Gasteiger charge is -2.18. The Kier molecular flexibility index (Phi) is 6.08. The molecule has 0 saturated heterocycles. The fourth-order valence-corrected chi connectivity index (χ4v) is 3.64. The van der Waals surface area contributed by atoms with Crippen molar-refractivity contribution in [3.05, 3.63) is 45.3 Å². The molecule has 1 unspecified atom stereocenters. The van der Waals surface area contributed by atoms with Gasteiger partial charge in [0, 0.05) is 4.88 Å². The largest absolute Gasteiger partial charge is 0.481 e. The normalized spacial score (nSPS) is 12.1. The Morgan fingerprint density at radius 1 is 1.15 bits per heavy atom. The third kappa shape index (κ3) is 4.25. The maximum absolute atomic E-state index is 12.6. The molecule has 26 heavy (non-hydrogen) atoms. The van der Waals surface area contributed by atoms with Gasteiger partial charge in [-0.15, -0.1) is 11.3 Å². The van der Waals surface area contributed by atoms with E-state index >= 15 is 0 Å². The summed E-state index contributed by atoms with van der Waals surface area (Å²) in [6.45, 7) is 11.6. The number of benzene rings is 1. The number of hydrogen-bond donors (Lipinski definition) is 2. The van der Waals surface area contributed by atoms with Crippen LogP contribution in [0.1, 0.15) is 58.6 Å². The van der Waals surface area contributed by atoms with Crippen molar-refractivity contribution >= 4 is 28.2 Å². The van der Waals surface area contributed by atoms with Crippen molar-refractivity contribution in [2.24, 2.45) is 5.73 Å². The minimum absolute atomic E-state index is 0.317. The second-order valence-electron chi connectivity index (χ2n) is 6.78. The maximum atomic E-state index is 12.6. The van der Waals surface area contributed by atoms with Crippen molar-refractivity contribution in [1.29, 1.82) is 0 Å². The molecule has 3 N–H and O–H groups in total. The number of anilines is 1. The number of thiophene rings is 1. The molecular weight excluding hydrogens is 348 g/mol. The number of carbonyl (C=O) groups is 2. The smallest absolute Gasteiger partial charge is 0.265 e. The van der Waals surface area contributed by atoms with Gasteiger partial charge in [-0.3, -0.25) is 9.59 Å². The van der Waals surface area contributed by atoms with Gasteiger partial charge in [-0.05, 0) is 56.4 Å². The van der Waals surface area contributed by atoms with E-state index in [4.69, 9.17) is 10.5 Å². The second kappa shape index (κ2) is 7.91. The van der Waals surface area contributed by atoms with Crippen LogP contribution in [0.25, 0.3) is 0 Å².